The van der Waals surface area contributed by atoms with Crippen molar-refractivity contribution >= 4 is 34.5 Å². The molecule has 0 aliphatic heterocycles. The number of aryl methyl sites for hydroxylation is 1. The van der Waals surface area contributed by atoms with Crippen LogP contribution in [-0.2, 0) is 0 Å². The van der Waals surface area contributed by atoms with Crippen molar-refractivity contribution in [1.29, 1.82) is 0 Å². The number of rotatable bonds is 6. The van der Waals surface area contributed by atoms with Crippen molar-refractivity contribution in [1.82, 2.24) is 35.4 Å². The van der Waals surface area contributed by atoms with Crippen molar-refractivity contribution in [2.45, 2.75) is 6.92 Å². The van der Waals surface area contributed by atoms with Crippen LogP contribution in [0.4, 0.5) is 5.69 Å². The summed E-state index contributed by atoms with van der Waals surface area (Å²) in [4.78, 5) is 23.2. The first kappa shape index (κ1) is 24.4. The van der Waals surface area contributed by atoms with Crippen LogP contribution in [0.3, 0.4) is 0 Å². The number of non-ortho nitro benzene ring substituents is 1. The quantitative estimate of drug-likeness (QED) is 0.189. The highest BCUT2D eigenvalue weighted by atomic mass is 16.6. The lowest BCUT2D eigenvalue weighted by Gasteiger charge is -2.10. The minimum absolute atomic E-state index is 0.0265. The third kappa shape index (κ3) is 4.39. The van der Waals surface area contributed by atoms with Crippen LogP contribution in [0, 0.1) is 17.0 Å². The second-order valence-corrected chi connectivity index (χ2v) is 8.77. The Bertz CT molecular complexity index is 1920. The van der Waals surface area contributed by atoms with Gasteiger partial charge in [-0.05, 0) is 30.2 Å². The summed E-state index contributed by atoms with van der Waals surface area (Å²) in [6, 6.07) is 25.3. The van der Waals surface area contributed by atoms with Gasteiger partial charge in [0.1, 0.15) is 5.69 Å². The fraction of sp³-hybridized carbons (Fsp3) is 0.0357. The molecule has 0 aliphatic carbocycles. The monoisotopic (exact) mass is 529 g/mol. The topological polar surface area (TPSA) is 153 Å². The van der Waals surface area contributed by atoms with E-state index in [-0.39, 0.29) is 11.4 Å². The zero-order valence-corrected chi connectivity index (χ0v) is 21.0. The lowest BCUT2D eigenvalue weighted by atomic mass is 9.97. The van der Waals surface area contributed by atoms with E-state index >= 15 is 0 Å². The van der Waals surface area contributed by atoms with Crippen LogP contribution in [0.2, 0.25) is 0 Å². The standard InChI is InChI=1S/C28H19N9O3/c1-17-24(28(38)34-29-16-18-12-14-21(15-13-18)37(39)40)30-33-27-23-22(19-8-4-2-5-9-19)25(20-10-6-3-7-11-20)31-32-26(23)35-36(17)27/h2-16H,1H3,(H,34,38)/b29-16+. The summed E-state index contributed by atoms with van der Waals surface area (Å²) in [5.74, 6) is -0.594. The van der Waals surface area contributed by atoms with Crippen LogP contribution in [0.15, 0.2) is 90.0 Å². The van der Waals surface area contributed by atoms with E-state index in [1.165, 1.54) is 35.0 Å². The number of amides is 1. The highest BCUT2D eigenvalue weighted by Crippen LogP contribution is 2.37. The SMILES string of the molecule is Cc1c(C(=O)N/N=C/c2ccc([N+](=O)[O-])cc2)nnc2c3c(-c4ccccc4)c(-c4ccccc4)nnc3nn12. The smallest absolute Gasteiger partial charge is 0.265 e. The number of nitro benzene ring substituents is 1. The molecule has 1 amide bonds. The van der Waals surface area contributed by atoms with Gasteiger partial charge in [0.2, 0.25) is 5.65 Å². The van der Waals surface area contributed by atoms with Gasteiger partial charge in [-0.3, -0.25) is 14.9 Å². The Morgan fingerprint density at radius 2 is 1.57 bits per heavy atom. The number of carbonyl (C=O) groups excluding carboxylic acids is 1. The van der Waals surface area contributed by atoms with Crippen molar-refractivity contribution in [3.63, 3.8) is 0 Å². The first-order chi connectivity index (χ1) is 19.5. The number of nitro groups is 1. The molecule has 0 unspecified atom stereocenters. The van der Waals surface area contributed by atoms with Crippen molar-refractivity contribution in [2.75, 3.05) is 0 Å². The number of nitrogens with zero attached hydrogens (tertiary/aromatic N) is 8. The van der Waals surface area contributed by atoms with Gasteiger partial charge < -0.3 is 0 Å². The molecule has 0 radical (unpaired) electrons. The van der Waals surface area contributed by atoms with Gasteiger partial charge in [0.25, 0.3) is 11.6 Å². The molecular formula is C28H19N9O3. The largest absolute Gasteiger partial charge is 0.293 e. The number of hydrazone groups is 1. The molecule has 1 N–H and O–H groups in total. The van der Waals surface area contributed by atoms with E-state index in [0.29, 0.717) is 33.6 Å². The Morgan fingerprint density at radius 3 is 2.25 bits per heavy atom. The Morgan fingerprint density at radius 1 is 0.900 bits per heavy atom. The molecule has 0 atom stereocenters. The molecule has 194 valence electrons. The van der Waals surface area contributed by atoms with Gasteiger partial charge in [-0.2, -0.15) is 5.10 Å². The second-order valence-electron chi connectivity index (χ2n) is 8.77. The summed E-state index contributed by atoms with van der Waals surface area (Å²) in [7, 11) is 0. The summed E-state index contributed by atoms with van der Waals surface area (Å²) in [6.45, 7) is 1.70. The lowest BCUT2D eigenvalue weighted by molar-refractivity contribution is -0.384. The minimum atomic E-state index is -0.594. The van der Waals surface area contributed by atoms with Gasteiger partial charge >= 0.3 is 0 Å². The molecule has 0 bridgehead atoms. The van der Waals surface area contributed by atoms with E-state index in [0.717, 1.165) is 16.7 Å². The fourth-order valence-corrected chi connectivity index (χ4v) is 4.35. The van der Waals surface area contributed by atoms with E-state index in [9.17, 15) is 14.9 Å². The van der Waals surface area contributed by atoms with Gasteiger partial charge in [-0.1, -0.05) is 60.7 Å². The molecule has 0 aliphatic rings. The predicted octanol–water partition coefficient (Wildman–Crippen LogP) is 4.38. The van der Waals surface area contributed by atoms with Crippen LogP contribution in [0.25, 0.3) is 39.1 Å². The third-order valence-corrected chi connectivity index (χ3v) is 6.29. The average Bonchev–Trinajstić information content (AvgIpc) is 3.38. The van der Waals surface area contributed by atoms with E-state index in [1.807, 2.05) is 60.7 Å². The van der Waals surface area contributed by atoms with Gasteiger partial charge in [0, 0.05) is 23.3 Å². The Labute approximate surface area is 226 Å². The van der Waals surface area contributed by atoms with Crippen molar-refractivity contribution in [3.05, 3.63) is 112 Å². The van der Waals surface area contributed by atoms with Crippen LogP contribution < -0.4 is 5.43 Å². The average molecular weight is 530 g/mol. The van der Waals surface area contributed by atoms with E-state index < -0.39 is 10.8 Å². The van der Waals surface area contributed by atoms with Gasteiger partial charge in [0.15, 0.2) is 11.3 Å². The number of benzene rings is 3. The third-order valence-electron chi connectivity index (χ3n) is 6.29. The zero-order chi connectivity index (χ0) is 27.6. The second kappa shape index (κ2) is 10.1. The van der Waals surface area contributed by atoms with E-state index in [4.69, 9.17) is 0 Å². The van der Waals surface area contributed by atoms with E-state index in [1.54, 1.807) is 6.92 Å². The molecule has 40 heavy (non-hydrogen) atoms. The first-order valence-corrected chi connectivity index (χ1v) is 12.1. The number of aromatic nitrogens is 6. The molecule has 0 saturated heterocycles. The van der Waals surface area contributed by atoms with Crippen LogP contribution >= 0.6 is 0 Å². The molecule has 3 heterocycles. The molecule has 0 fully saturated rings. The molecule has 6 rings (SSSR count). The maximum absolute atomic E-state index is 12.9. The first-order valence-electron chi connectivity index (χ1n) is 12.1. The minimum Gasteiger partial charge on any atom is -0.265 e. The molecule has 3 aromatic carbocycles. The molecule has 0 spiro atoms. The highest BCUT2D eigenvalue weighted by molar-refractivity contribution is 6.07. The summed E-state index contributed by atoms with van der Waals surface area (Å²) in [6.07, 6.45) is 1.37. The summed E-state index contributed by atoms with van der Waals surface area (Å²) in [5.41, 5.74) is 7.51. The molecule has 12 heteroatoms. The summed E-state index contributed by atoms with van der Waals surface area (Å²) in [5, 5.41) is 37.5. The normalized spacial score (nSPS) is 11.3. The maximum atomic E-state index is 12.9. The van der Waals surface area contributed by atoms with E-state index in [2.05, 4.69) is 36.0 Å². The summed E-state index contributed by atoms with van der Waals surface area (Å²) >= 11 is 0. The Balaban J connectivity index is 1.40. The van der Waals surface area contributed by atoms with Crippen LogP contribution in [0.5, 0.6) is 0 Å². The van der Waals surface area contributed by atoms with Crippen LogP contribution in [0.1, 0.15) is 21.7 Å². The van der Waals surface area contributed by atoms with Gasteiger partial charge in [-0.25, -0.2) is 9.94 Å². The molecule has 3 aromatic heterocycles. The van der Waals surface area contributed by atoms with Crippen molar-refractivity contribution in [2.24, 2.45) is 5.10 Å². The van der Waals surface area contributed by atoms with Crippen LogP contribution in [-0.4, -0.2) is 47.1 Å². The highest BCUT2D eigenvalue weighted by Gasteiger charge is 2.23. The Kier molecular flexibility index (Phi) is 6.17. The number of nitrogens with one attached hydrogen (secondary N) is 1. The van der Waals surface area contributed by atoms with Crippen molar-refractivity contribution < 1.29 is 9.72 Å². The van der Waals surface area contributed by atoms with Gasteiger partial charge in [-0.15, -0.1) is 25.5 Å². The predicted molar refractivity (Wildman–Crippen MR) is 148 cm³/mol. The molecule has 12 nitrogen and oxygen atoms in total. The fourth-order valence-electron chi connectivity index (χ4n) is 4.35. The number of hydrogen-bond donors (Lipinski definition) is 1. The number of hydrogen-bond acceptors (Lipinski definition) is 9. The number of carbonyl (C=O) groups is 1. The molecule has 0 saturated carbocycles. The molecule has 6 aromatic rings. The number of fused-ring (bicyclic) bond motifs is 3. The zero-order valence-electron chi connectivity index (χ0n) is 21.0. The lowest BCUT2D eigenvalue weighted by Crippen LogP contribution is -2.22. The Hall–Kier alpha value is -5.91. The molecular weight excluding hydrogens is 510 g/mol. The summed E-state index contributed by atoms with van der Waals surface area (Å²) < 4.78 is 1.53. The maximum Gasteiger partial charge on any atom is 0.293 e. The van der Waals surface area contributed by atoms with Gasteiger partial charge in [0.05, 0.1) is 22.2 Å². The van der Waals surface area contributed by atoms with Crippen molar-refractivity contribution in [3.8, 4) is 22.4 Å².